The summed E-state index contributed by atoms with van der Waals surface area (Å²) in [6.45, 7) is 9.59. The molecule has 0 bridgehead atoms. The largest absolute Gasteiger partial charge is 0.492 e. The Balaban J connectivity index is 1.50. The second-order valence-corrected chi connectivity index (χ2v) is 6.82. The maximum Gasteiger partial charge on any atom is 0.127 e. The minimum atomic E-state index is -0.256. The Morgan fingerprint density at radius 1 is 1.17 bits per heavy atom. The first-order valence-electron chi connectivity index (χ1n) is 8.88. The highest BCUT2D eigenvalue weighted by molar-refractivity contribution is 5.88. The zero-order valence-corrected chi connectivity index (χ0v) is 14.7. The molecule has 24 heavy (non-hydrogen) atoms. The van der Waals surface area contributed by atoms with E-state index in [1.54, 1.807) is 0 Å². The van der Waals surface area contributed by atoms with Crippen molar-refractivity contribution >= 4 is 10.8 Å². The molecule has 2 unspecified atom stereocenters. The number of rotatable bonds is 6. The lowest BCUT2D eigenvalue weighted by molar-refractivity contribution is 0.0405. The Hall–Kier alpha value is -1.62. The Morgan fingerprint density at radius 3 is 2.75 bits per heavy atom. The van der Waals surface area contributed by atoms with Crippen molar-refractivity contribution in [1.82, 2.24) is 9.80 Å². The van der Waals surface area contributed by atoms with E-state index >= 15 is 0 Å². The smallest absolute Gasteiger partial charge is 0.127 e. The average Bonchev–Trinajstić information content (AvgIpc) is 2.57. The Morgan fingerprint density at radius 2 is 1.96 bits per heavy atom. The molecule has 2 atom stereocenters. The van der Waals surface area contributed by atoms with Crippen LogP contribution < -0.4 is 4.74 Å². The molecule has 1 fully saturated rings. The van der Waals surface area contributed by atoms with Crippen LogP contribution in [0.5, 0.6) is 5.75 Å². The first-order chi connectivity index (χ1) is 11.6. The second-order valence-electron chi connectivity index (χ2n) is 6.82. The Labute approximate surface area is 144 Å². The molecule has 130 valence electrons. The van der Waals surface area contributed by atoms with E-state index in [0.29, 0.717) is 12.6 Å². The Bertz CT molecular complexity index is 654. The SMILES string of the molecule is CC(O)CN1CCN(CCOc2cccc3ccccc23)CC1C. The van der Waals surface area contributed by atoms with Gasteiger partial charge in [0.2, 0.25) is 0 Å². The van der Waals surface area contributed by atoms with Crippen molar-refractivity contribution in [3.8, 4) is 5.75 Å². The quantitative estimate of drug-likeness (QED) is 0.884. The van der Waals surface area contributed by atoms with E-state index in [9.17, 15) is 5.11 Å². The highest BCUT2D eigenvalue weighted by atomic mass is 16.5. The molecule has 2 aromatic rings. The molecule has 1 saturated heterocycles. The maximum absolute atomic E-state index is 9.57. The van der Waals surface area contributed by atoms with Crippen molar-refractivity contribution < 1.29 is 9.84 Å². The molecule has 1 heterocycles. The lowest BCUT2D eigenvalue weighted by Crippen LogP contribution is -2.54. The molecule has 2 aromatic carbocycles. The summed E-state index contributed by atoms with van der Waals surface area (Å²) >= 11 is 0. The van der Waals surface area contributed by atoms with Gasteiger partial charge in [-0.15, -0.1) is 0 Å². The third kappa shape index (κ3) is 4.26. The van der Waals surface area contributed by atoms with Gasteiger partial charge in [-0.25, -0.2) is 0 Å². The molecule has 4 nitrogen and oxygen atoms in total. The summed E-state index contributed by atoms with van der Waals surface area (Å²) in [6, 6.07) is 15.0. The third-order valence-electron chi connectivity index (χ3n) is 4.76. The van der Waals surface area contributed by atoms with Crippen molar-refractivity contribution in [2.75, 3.05) is 39.3 Å². The predicted molar refractivity (Wildman–Crippen MR) is 98.6 cm³/mol. The molecule has 0 spiro atoms. The van der Waals surface area contributed by atoms with E-state index in [1.807, 2.05) is 13.0 Å². The zero-order chi connectivity index (χ0) is 16.9. The molecule has 1 aliphatic heterocycles. The normalized spacial score (nSPS) is 21.0. The van der Waals surface area contributed by atoms with Gasteiger partial charge in [0, 0.05) is 44.2 Å². The predicted octanol–water partition coefficient (Wildman–Crippen LogP) is 2.61. The number of nitrogens with zero attached hydrogens (tertiary/aromatic N) is 2. The van der Waals surface area contributed by atoms with E-state index in [2.05, 4.69) is 53.1 Å². The van der Waals surface area contributed by atoms with Crippen LogP contribution in [-0.4, -0.2) is 66.4 Å². The highest BCUT2D eigenvalue weighted by Gasteiger charge is 2.24. The van der Waals surface area contributed by atoms with Crippen LogP contribution in [0.3, 0.4) is 0 Å². The summed E-state index contributed by atoms with van der Waals surface area (Å²) < 4.78 is 6.05. The first-order valence-corrected chi connectivity index (χ1v) is 8.88. The fourth-order valence-corrected chi connectivity index (χ4v) is 3.49. The molecule has 1 N–H and O–H groups in total. The van der Waals surface area contributed by atoms with Crippen molar-refractivity contribution in [3.05, 3.63) is 42.5 Å². The molecular formula is C20H28N2O2. The van der Waals surface area contributed by atoms with Gasteiger partial charge in [0.15, 0.2) is 0 Å². The molecule has 0 amide bonds. The van der Waals surface area contributed by atoms with E-state index in [0.717, 1.165) is 38.5 Å². The number of β-amino-alcohol motifs (C(OH)–C–C–N with tert-alkyl or cyclic N) is 1. The summed E-state index contributed by atoms with van der Waals surface area (Å²) in [7, 11) is 0. The van der Waals surface area contributed by atoms with Gasteiger partial charge >= 0.3 is 0 Å². The van der Waals surface area contributed by atoms with Crippen molar-refractivity contribution in [3.63, 3.8) is 0 Å². The summed E-state index contributed by atoms with van der Waals surface area (Å²) in [5.74, 6) is 0.967. The van der Waals surface area contributed by atoms with Gasteiger partial charge in [-0.2, -0.15) is 0 Å². The lowest BCUT2D eigenvalue weighted by Gasteiger charge is -2.40. The standard InChI is InChI=1S/C20H28N2O2/c1-16-14-21(10-11-22(16)15-17(2)23)12-13-24-20-9-5-7-18-6-3-4-8-19(18)20/h3-9,16-17,23H,10-15H2,1-2H3. The molecular weight excluding hydrogens is 300 g/mol. The van der Waals surface area contributed by atoms with Gasteiger partial charge in [-0.3, -0.25) is 9.80 Å². The molecule has 3 rings (SSSR count). The van der Waals surface area contributed by atoms with Crippen LogP contribution in [0.15, 0.2) is 42.5 Å². The zero-order valence-electron chi connectivity index (χ0n) is 14.7. The summed E-state index contributed by atoms with van der Waals surface area (Å²) in [5.41, 5.74) is 0. The fraction of sp³-hybridized carbons (Fsp3) is 0.500. The van der Waals surface area contributed by atoms with Crippen LogP contribution in [0.4, 0.5) is 0 Å². The molecule has 0 radical (unpaired) electrons. The third-order valence-corrected chi connectivity index (χ3v) is 4.76. The van der Waals surface area contributed by atoms with Gasteiger partial charge < -0.3 is 9.84 Å². The van der Waals surface area contributed by atoms with Crippen LogP contribution in [0.25, 0.3) is 10.8 Å². The van der Waals surface area contributed by atoms with Crippen molar-refractivity contribution in [2.45, 2.75) is 26.0 Å². The van der Waals surface area contributed by atoms with Crippen molar-refractivity contribution in [2.24, 2.45) is 0 Å². The summed E-state index contributed by atoms with van der Waals surface area (Å²) in [4.78, 5) is 4.82. The van der Waals surface area contributed by atoms with Crippen LogP contribution in [-0.2, 0) is 0 Å². The second kappa shape index (κ2) is 7.97. The average molecular weight is 328 g/mol. The first kappa shape index (κ1) is 17.2. The number of ether oxygens (including phenoxy) is 1. The number of aliphatic hydroxyl groups excluding tert-OH is 1. The number of hydrogen-bond donors (Lipinski definition) is 1. The van der Waals surface area contributed by atoms with Gasteiger partial charge in [0.25, 0.3) is 0 Å². The van der Waals surface area contributed by atoms with E-state index < -0.39 is 0 Å². The van der Waals surface area contributed by atoms with E-state index in [-0.39, 0.29) is 6.10 Å². The van der Waals surface area contributed by atoms with Crippen molar-refractivity contribution in [1.29, 1.82) is 0 Å². The minimum absolute atomic E-state index is 0.256. The van der Waals surface area contributed by atoms with E-state index in [1.165, 1.54) is 10.8 Å². The number of piperazine rings is 1. The number of hydrogen-bond acceptors (Lipinski definition) is 4. The molecule has 4 heteroatoms. The van der Waals surface area contributed by atoms with Gasteiger partial charge in [0.1, 0.15) is 12.4 Å². The number of benzene rings is 2. The van der Waals surface area contributed by atoms with Crippen LogP contribution in [0.2, 0.25) is 0 Å². The summed E-state index contributed by atoms with van der Waals surface area (Å²) in [5, 5.41) is 12.0. The lowest BCUT2D eigenvalue weighted by atomic mass is 10.1. The van der Waals surface area contributed by atoms with Crippen LogP contribution in [0.1, 0.15) is 13.8 Å². The maximum atomic E-state index is 9.57. The monoisotopic (exact) mass is 328 g/mol. The summed E-state index contributed by atoms with van der Waals surface area (Å²) in [6.07, 6.45) is -0.256. The number of fused-ring (bicyclic) bond motifs is 1. The van der Waals surface area contributed by atoms with Crippen LogP contribution >= 0.6 is 0 Å². The fourth-order valence-electron chi connectivity index (χ4n) is 3.49. The minimum Gasteiger partial charge on any atom is -0.492 e. The molecule has 1 aliphatic rings. The van der Waals surface area contributed by atoms with Gasteiger partial charge in [-0.05, 0) is 25.3 Å². The number of aliphatic hydroxyl groups is 1. The van der Waals surface area contributed by atoms with Crippen LogP contribution in [0, 0.1) is 0 Å². The molecule has 0 saturated carbocycles. The Kier molecular flexibility index (Phi) is 5.72. The molecule has 0 aliphatic carbocycles. The molecule has 0 aromatic heterocycles. The topological polar surface area (TPSA) is 35.9 Å². The van der Waals surface area contributed by atoms with Gasteiger partial charge in [0.05, 0.1) is 6.10 Å². The van der Waals surface area contributed by atoms with Gasteiger partial charge in [-0.1, -0.05) is 36.4 Å². The van der Waals surface area contributed by atoms with E-state index in [4.69, 9.17) is 4.74 Å². The highest BCUT2D eigenvalue weighted by Crippen LogP contribution is 2.25.